The molecule has 1 amide bonds. The molecule has 1 saturated heterocycles. The van der Waals surface area contributed by atoms with Crippen molar-refractivity contribution in [3.05, 3.63) is 95.7 Å². The van der Waals surface area contributed by atoms with Gasteiger partial charge in [0.1, 0.15) is 6.10 Å². The van der Waals surface area contributed by atoms with Crippen molar-refractivity contribution >= 4 is 17.7 Å². The van der Waals surface area contributed by atoms with Gasteiger partial charge in [0, 0.05) is 18.0 Å². The van der Waals surface area contributed by atoms with E-state index in [-0.39, 0.29) is 18.1 Å². The van der Waals surface area contributed by atoms with E-state index in [4.69, 9.17) is 4.74 Å². The average molecular weight is 391 g/mol. The molecule has 3 aromatic rings. The summed E-state index contributed by atoms with van der Waals surface area (Å²) in [6, 6.07) is 23.3. The summed E-state index contributed by atoms with van der Waals surface area (Å²) in [6.45, 7) is 0. The second-order valence-corrected chi connectivity index (χ2v) is 7.87. The molecule has 1 atom stereocenters. The zero-order valence-electron chi connectivity index (χ0n) is 15.5. The first-order valence-electron chi connectivity index (χ1n) is 9.41. The van der Waals surface area contributed by atoms with Crippen molar-refractivity contribution in [2.45, 2.75) is 18.6 Å². The van der Waals surface area contributed by atoms with E-state index in [0.29, 0.717) is 11.4 Å². The van der Waals surface area contributed by atoms with E-state index in [9.17, 15) is 4.79 Å². The highest BCUT2D eigenvalue weighted by molar-refractivity contribution is 7.99. The predicted molar refractivity (Wildman–Crippen MR) is 113 cm³/mol. The summed E-state index contributed by atoms with van der Waals surface area (Å²) >= 11 is 1.90. The number of nitrogens with zero attached hydrogens (tertiary/aromatic N) is 1. The number of thioether (sulfide) groups is 1. The molecule has 4 nitrogen and oxygen atoms in total. The number of ether oxygens (including phenoxy) is 1. The number of carbonyl (C=O) groups excluding carboxylic acids is 1. The summed E-state index contributed by atoms with van der Waals surface area (Å²) in [4.78, 5) is 17.2. The predicted octanol–water partition coefficient (Wildman–Crippen LogP) is 4.49. The van der Waals surface area contributed by atoms with E-state index in [2.05, 4.69) is 10.3 Å². The number of pyridine rings is 1. The second-order valence-electron chi connectivity index (χ2n) is 6.72. The Balaban J connectivity index is 1.49. The van der Waals surface area contributed by atoms with Gasteiger partial charge in [0.2, 0.25) is 5.88 Å². The summed E-state index contributed by atoms with van der Waals surface area (Å²) in [5.41, 5.74) is 2.59. The number of carbonyl (C=O) groups is 1. The first kappa shape index (κ1) is 18.6. The van der Waals surface area contributed by atoms with Gasteiger partial charge >= 0.3 is 0 Å². The van der Waals surface area contributed by atoms with E-state index >= 15 is 0 Å². The van der Waals surface area contributed by atoms with Crippen LogP contribution >= 0.6 is 11.8 Å². The molecule has 2 aromatic carbocycles. The van der Waals surface area contributed by atoms with E-state index in [1.54, 1.807) is 18.3 Å². The highest BCUT2D eigenvalue weighted by Crippen LogP contribution is 2.24. The lowest BCUT2D eigenvalue weighted by Crippen LogP contribution is -2.29. The van der Waals surface area contributed by atoms with Crippen LogP contribution < -0.4 is 10.1 Å². The molecule has 1 N–H and O–H groups in total. The molecule has 1 aliphatic heterocycles. The maximum absolute atomic E-state index is 12.9. The Morgan fingerprint density at radius 2 is 1.68 bits per heavy atom. The number of aromatic nitrogens is 1. The lowest BCUT2D eigenvalue weighted by atomic mass is 9.98. The Labute approximate surface area is 169 Å². The minimum atomic E-state index is -0.221. The third kappa shape index (κ3) is 4.54. The van der Waals surface area contributed by atoms with Crippen LogP contribution in [0.5, 0.6) is 5.88 Å². The third-order valence-corrected chi connectivity index (χ3v) is 5.85. The lowest BCUT2D eigenvalue weighted by Gasteiger charge is -2.20. The van der Waals surface area contributed by atoms with Crippen LogP contribution in [0.15, 0.2) is 79.0 Å². The van der Waals surface area contributed by atoms with Crippen LogP contribution in [0.25, 0.3) is 0 Å². The molecule has 5 heteroatoms. The van der Waals surface area contributed by atoms with Crippen molar-refractivity contribution in [2.75, 3.05) is 11.5 Å². The van der Waals surface area contributed by atoms with Crippen molar-refractivity contribution in [2.24, 2.45) is 0 Å². The zero-order chi connectivity index (χ0) is 19.2. The number of hydrogen-bond acceptors (Lipinski definition) is 4. The molecule has 0 aliphatic carbocycles. The summed E-state index contributed by atoms with van der Waals surface area (Å²) in [5.74, 6) is 2.55. The van der Waals surface area contributed by atoms with E-state index < -0.39 is 0 Å². The van der Waals surface area contributed by atoms with Gasteiger partial charge < -0.3 is 10.1 Å². The largest absolute Gasteiger partial charge is 0.473 e. The quantitative estimate of drug-likeness (QED) is 0.674. The van der Waals surface area contributed by atoms with Crippen LogP contribution in [0.3, 0.4) is 0 Å². The summed E-state index contributed by atoms with van der Waals surface area (Å²) in [7, 11) is 0. The molecule has 0 saturated carbocycles. The molecule has 1 aromatic heterocycles. The molecule has 0 spiro atoms. The summed E-state index contributed by atoms with van der Waals surface area (Å²) in [5, 5.41) is 3.14. The first-order chi connectivity index (χ1) is 13.8. The zero-order valence-corrected chi connectivity index (χ0v) is 16.3. The van der Waals surface area contributed by atoms with E-state index in [1.165, 1.54) is 0 Å². The van der Waals surface area contributed by atoms with Gasteiger partial charge in [0.15, 0.2) is 0 Å². The summed E-state index contributed by atoms with van der Waals surface area (Å²) < 4.78 is 5.87. The normalized spacial score (nSPS) is 16.1. The maximum Gasteiger partial charge on any atom is 0.253 e. The standard InChI is InChI=1S/C23H22N2O2S/c26-23(19-11-12-21(24-15-19)27-20-13-14-28-16-20)25-22(17-7-3-1-4-8-17)18-9-5-2-6-10-18/h1-12,15,20,22H,13-14,16H2,(H,25,26)/t20-/m0/s1. The fraction of sp³-hybridized carbons (Fsp3) is 0.217. The van der Waals surface area contributed by atoms with Crippen LogP contribution in [-0.2, 0) is 0 Å². The molecule has 0 radical (unpaired) electrons. The van der Waals surface area contributed by atoms with Crippen LogP contribution in [0, 0.1) is 0 Å². The minimum Gasteiger partial charge on any atom is -0.473 e. The van der Waals surface area contributed by atoms with Crippen LogP contribution in [0.2, 0.25) is 0 Å². The van der Waals surface area contributed by atoms with Crippen molar-refractivity contribution in [3.63, 3.8) is 0 Å². The minimum absolute atomic E-state index is 0.159. The molecule has 1 aliphatic rings. The van der Waals surface area contributed by atoms with Gasteiger partial charge in [0.05, 0.1) is 11.6 Å². The van der Waals surface area contributed by atoms with Crippen LogP contribution in [0.1, 0.15) is 33.9 Å². The van der Waals surface area contributed by atoms with Crippen molar-refractivity contribution in [1.82, 2.24) is 10.3 Å². The molecule has 142 valence electrons. The van der Waals surface area contributed by atoms with Gasteiger partial charge in [0.25, 0.3) is 5.91 Å². The molecule has 0 bridgehead atoms. The van der Waals surface area contributed by atoms with Gasteiger partial charge in [-0.1, -0.05) is 60.7 Å². The van der Waals surface area contributed by atoms with Crippen molar-refractivity contribution in [1.29, 1.82) is 0 Å². The van der Waals surface area contributed by atoms with Gasteiger partial charge in [-0.15, -0.1) is 0 Å². The number of nitrogens with one attached hydrogen (secondary N) is 1. The molecular formula is C23H22N2O2S. The number of rotatable bonds is 6. The van der Waals surface area contributed by atoms with Crippen LogP contribution in [-0.4, -0.2) is 28.5 Å². The maximum atomic E-state index is 12.9. The van der Waals surface area contributed by atoms with Gasteiger partial charge in [-0.05, 0) is 29.4 Å². The molecule has 4 rings (SSSR count). The number of hydrogen-bond donors (Lipinski definition) is 1. The Bertz CT molecular complexity index is 855. The number of benzene rings is 2. The SMILES string of the molecule is O=C(NC(c1ccccc1)c1ccccc1)c1ccc(O[C@H]2CCSC2)nc1. The Hall–Kier alpha value is -2.79. The molecule has 1 fully saturated rings. The molecule has 28 heavy (non-hydrogen) atoms. The first-order valence-corrected chi connectivity index (χ1v) is 10.6. The molecule has 0 unspecified atom stereocenters. The van der Waals surface area contributed by atoms with E-state index in [0.717, 1.165) is 29.1 Å². The fourth-order valence-electron chi connectivity index (χ4n) is 3.23. The Kier molecular flexibility index (Phi) is 5.92. The highest BCUT2D eigenvalue weighted by Gasteiger charge is 2.19. The van der Waals surface area contributed by atoms with Crippen molar-refractivity contribution < 1.29 is 9.53 Å². The second kappa shape index (κ2) is 8.93. The highest BCUT2D eigenvalue weighted by atomic mass is 32.2. The van der Waals surface area contributed by atoms with Gasteiger partial charge in [-0.25, -0.2) is 4.98 Å². The van der Waals surface area contributed by atoms with Gasteiger partial charge in [-0.2, -0.15) is 11.8 Å². The topological polar surface area (TPSA) is 51.2 Å². The average Bonchev–Trinajstić information content (AvgIpc) is 3.27. The molecular weight excluding hydrogens is 368 g/mol. The van der Waals surface area contributed by atoms with Crippen molar-refractivity contribution in [3.8, 4) is 5.88 Å². The van der Waals surface area contributed by atoms with Gasteiger partial charge in [-0.3, -0.25) is 4.79 Å². The number of amides is 1. The summed E-state index contributed by atoms with van der Waals surface area (Å²) in [6.07, 6.45) is 2.85. The van der Waals surface area contributed by atoms with Crippen LogP contribution in [0.4, 0.5) is 0 Å². The Morgan fingerprint density at radius 1 is 1.00 bits per heavy atom. The third-order valence-electron chi connectivity index (χ3n) is 4.72. The molecule has 2 heterocycles. The smallest absolute Gasteiger partial charge is 0.253 e. The monoisotopic (exact) mass is 390 g/mol. The lowest BCUT2D eigenvalue weighted by molar-refractivity contribution is 0.0942. The van der Waals surface area contributed by atoms with E-state index in [1.807, 2.05) is 72.4 Å². The Morgan fingerprint density at radius 3 is 2.21 bits per heavy atom. The fourth-order valence-corrected chi connectivity index (χ4v) is 4.32.